The summed E-state index contributed by atoms with van der Waals surface area (Å²) in [6.45, 7) is 0. The van der Waals surface area contributed by atoms with Crippen molar-refractivity contribution < 1.29 is 10.0 Å². The van der Waals surface area contributed by atoms with E-state index in [-0.39, 0.29) is 12.4 Å². The molecule has 1 aromatic heterocycles. The SMILES string of the molecule is Cl.O=C(/C=N/O)Nc1ccc2ncccc2c1. The van der Waals surface area contributed by atoms with E-state index in [0.717, 1.165) is 17.1 Å². The summed E-state index contributed by atoms with van der Waals surface area (Å²) in [6, 6.07) is 9.06. The number of pyridine rings is 1. The molecule has 17 heavy (non-hydrogen) atoms. The van der Waals surface area contributed by atoms with E-state index in [9.17, 15) is 4.79 Å². The van der Waals surface area contributed by atoms with Gasteiger partial charge in [0.2, 0.25) is 0 Å². The van der Waals surface area contributed by atoms with Gasteiger partial charge in [-0.1, -0.05) is 11.2 Å². The van der Waals surface area contributed by atoms with Gasteiger partial charge in [-0.25, -0.2) is 0 Å². The minimum Gasteiger partial charge on any atom is -0.411 e. The summed E-state index contributed by atoms with van der Waals surface area (Å²) < 4.78 is 0. The van der Waals surface area contributed by atoms with E-state index >= 15 is 0 Å². The van der Waals surface area contributed by atoms with Crippen LogP contribution in [0.4, 0.5) is 5.69 Å². The Morgan fingerprint density at radius 2 is 2.24 bits per heavy atom. The lowest BCUT2D eigenvalue weighted by Crippen LogP contribution is -2.12. The van der Waals surface area contributed by atoms with Crippen molar-refractivity contribution in [3.05, 3.63) is 36.5 Å². The van der Waals surface area contributed by atoms with Crippen LogP contribution in [0, 0.1) is 0 Å². The Bertz CT molecular complexity index is 557. The van der Waals surface area contributed by atoms with E-state index < -0.39 is 5.91 Å². The summed E-state index contributed by atoms with van der Waals surface area (Å²) in [5.74, 6) is -0.481. The number of amides is 1. The molecule has 0 saturated heterocycles. The second-order valence-corrected chi connectivity index (χ2v) is 3.14. The molecule has 2 N–H and O–H groups in total. The van der Waals surface area contributed by atoms with Crippen molar-refractivity contribution in [1.82, 2.24) is 4.98 Å². The number of halogens is 1. The molecule has 1 heterocycles. The number of carbonyl (C=O) groups is 1. The Morgan fingerprint density at radius 1 is 1.41 bits per heavy atom. The maximum absolute atomic E-state index is 11.1. The third kappa shape index (κ3) is 3.15. The molecule has 6 heteroatoms. The van der Waals surface area contributed by atoms with Crippen LogP contribution in [0.1, 0.15) is 0 Å². The molecule has 0 atom stereocenters. The normalized spacial score (nSPS) is 10.1. The van der Waals surface area contributed by atoms with Crippen molar-refractivity contribution in [3.63, 3.8) is 0 Å². The molecule has 0 unspecified atom stereocenters. The minimum absolute atomic E-state index is 0. The molecule has 0 bridgehead atoms. The number of benzene rings is 1. The topological polar surface area (TPSA) is 74.6 Å². The molecule has 0 saturated carbocycles. The zero-order chi connectivity index (χ0) is 11.4. The molecule has 1 aromatic carbocycles. The zero-order valence-corrected chi connectivity index (χ0v) is 9.52. The lowest BCUT2D eigenvalue weighted by Gasteiger charge is -2.02. The largest absolute Gasteiger partial charge is 0.411 e. The van der Waals surface area contributed by atoms with E-state index in [4.69, 9.17) is 5.21 Å². The average Bonchev–Trinajstić information content (AvgIpc) is 2.29. The second-order valence-electron chi connectivity index (χ2n) is 3.14. The Hall–Kier alpha value is -2.14. The quantitative estimate of drug-likeness (QED) is 0.487. The van der Waals surface area contributed by atoms with Crippen LogP contribution in [0.15, 0.2) is 41.7 Å². The molecule has 5 nitrogen and oxygen atoms in total. The molecule has 0 aliphatic rings. The van der Waals surface area contributed by atoms with Crippen LogP contribution in [-0.4, -0.2) is 22.3 Å². The van der Waals surface area contributed by atoms with Crippen molar-refractivity contribution in [1.29, 1.82) is 0 Å². The average molecular weight is 252 g/mol. The van der Waals surface area contributed by atoms with E-state index in [1.807, 2.05) is 12.1 Å². The number of carbonyl (C=O) groups excluding carboxylic acids is 1. The second kappa shape index (κ2) is 5.81. The van der Waals surface area contributed by atoms with Crippen LogP contribution in [-0.2, 0) is 4.79 Å². The maximum Gasteiger partial charge on any atom is 0.270 e. The van der Waals surface area contributed by atoms with Crippen molar-refractivity contribution in [2.45, 2.75) is 0 Å². The van der Waals surface area contributed by atoms with Crippen LogP contribution >= 0.6 is 12.4 Å². The van der Waals surface area contributed by atoms with Gasteiger partial charge < -0.3 is 10.5 Å². The highest BCUT2D eigenvalue weighted by molar-refractivity contribution is 6.31. The fraction of sp³-hybridized carbons (Fsp3) is 0. The minimum atomic E-state index is -0.481. The van der Waals surface area contributed by atoms with Gasteiger partial charge >= 0.3 is 0 Å². The van der Waals surface area contributed by atoms with Crippen LogP contribution < -0.4 is 5.32 Å². The highest BCUT2D eigenvalue weighted by Crippen LogP contribution is 2.16. The summed E-state index contributed by atoms with van der Waals surface area (Å²) in [5, 5.41) is 14.3. The maximum atomic E-state index is 11.1. The van der Waals surface area contributed by atoms with Gasteiger partial charge in [-0.3, -0.25) is 9.78 Å². The van der Waals surface area contributed by atoms with E-state index in [1.54, 1.807) is 24.4 Å². The van der Waals surface area contributed by atoms with Crippen molar-refractivity contribution in [2.24, 2.45) is 5.16 Å². The summed E-state index contributed by atoms with van der Waals surface area (Å²) >= 11 is 0. The fourth-order valence-electron chi connectivity index (χ4n) is 1.38. The number of anilines is 1. The number of nitrogens with one attached hydrogen (secondary N) is 1. The molecular weight excluding hydrogens is 242 g/mol. The van der Waals surface area contributed by atoms with Gasteiger partial charge in [0, 0.05) is 17.3 Å². The molecule has 1 amide bonds. The lowest BCUT2D eigenvalue weighted by atomic mass is 10.2. The van der Waals surface area contributed by atoms with Crippen molar-refractivity contribution >= 4 is 41.1 Å². The number of rotatable bonds is 2. The predicted octanol–water partition coefficient (Wildman–Crippen LogP) is 2.06. The standard InChI is InChI=1S/C11H9N3O2.ClH/c15-11(7-13-16)14-9-3-4-10-8(6-9)2-1-5-12-10;/h1-7,16H,(H,14,15);1H/b13-7+;. The number of hydrogen-bond acceptors (Lipinski definition) is 4. The lowest BCUT2D eigenvalue weighted by molar-refractivity contribution is -0.110. The molecule has 2 rings (SSSR count). The van der Waals surface area contributed by atoms with Gasteiger partial charge in [0.25, 0.3) is 5.91 Å². The number of aromatic nitrogens is 1. The van der Waals surface area contributed by atoms with Crippen LogP contribution in [0.2, 0.25) is 0 Å². The Labute approximate surface area is 104 Å². The monoisotopic (exact) mass is 251 g/mol. The molecule has 0 fully saturated rings. The van der Waals surface area contributed by atoms with E-state index in [1.165, 1.54) is 0 Å². The third-order valence-corrected chi connectivity index (χ3v) is 2.05. The highest BCUT2D eigenvalue weighted by Gasteiger charge is 2.00. The van der Waals surface area contributed by atoms with Crippen LogP contribution in [0.25, 0.3) is 10.9 Å². The highest BCUT2D eigenvalue weighted by atomic mass is 35.5. The Morgan fingerprint density at radius 3 is 3.00 bits per heavy atom. The first-order valence-electron chi connectivity index (χ1n) is 4.63. The third-order valence-electron chi connectivity index (χ3n) is 2.05. The predicted molar refractivity (Wildman–Crippen MR) is 67.9 cm³/mol. The van der Waals surface area contributed by atoms with Crippen molar-refractivity contribution in [2.75, 3.05) is 5.32 Å². The van der Waals surface area contributed by atoms with Gasteiger partial charge in [-0.2, -0.15) is 0 Å². The smallest absolute Gasteiger partial charge is 0.270 e. The summed E-state index contributed by atoms with van der Waals surface area (Å²) in [6.07, 6.45) is 2.51. The molecule has 0 aliphatic carbocycles. The fourth-order valence-corrected chi connectivity index (χ4v) is 1.38. The Balaban J connectivity index is 0.00000144. The molecule has 2 aromatic rings. The summed E-state index contributed by atoms with van der Waals surface area (Å²) in [5.41, 5.74) is 1.49. The molecule has 0 aliphatic heterocycles. The van der Waals surface area contributed by atoms with Gasteiger partial charge in [0.05, 0.1) is 5.52 Å². The number of hydrogen-bond donors (Lipinski definition) is 2. The van der Waals surface area contributed by atoms with Crippen LogP contribution in [0.5, 0.6) is 0 Å². The number of nitrogens with zero attached hydrogens (tertiary/aromatic N) is 2. The van der Waals surface area contributed by atoms with Gasteiger partial charge in [0.1, 0.15) is 6.21 Å². The van der Waals surface area contributed by atoms with E-state index in [2.05, 4.69) is 15.5 Å². The summed E-state index contributed by atoms with van der Waals surface area (Å²) in [4.78, 5) is 15.3. The zero-order valence-electron chi connectivity index (χ0n) is 8.70. The molecular formula is C11H10ClN3O2. The number of oxime groups is 1. The van der Waals surface area contributed by atoms with Gasteiger partial charge in [-0.05, 0) is 24.3 Å². The molecule has 0 spiro atoms. The van der Waals surface area contributed by atoms with Gasteiger partial charge in [-0.15, -0.1) is 12.4 Å². The van der Waals surface area contributed by atoms with Gasteiger partial charge in [0.15, 0.2) is 0 Å². The molecule has 88 valence electrons. The first-order valence-corrected chi connectivity index (χ1v) is 4.63. The van der Waals surface area contributed by atoms with E-state index in [0.29, 0.717) is 5.69 Å². The van der Waals surface area contributed by atoms with Crippen molar-refractivity contribution in [3.8, 4) is 0 Å². The number of fused-ring (bicyclic) bond motifs is 1. The van der Waals surface area contributed by atoms with Crippen LogP contribution in [0.3, 0.4) is 0 Å². The summed E-state index contributed by atoms with van der Waals surface area (Å²) in [7, 11) is 0. The first-order chi connectivity index (χ1) is 7.79. The Kier molecular flexibility index (Phi) is 4.42. The first kappa shape index (κ1) is 12.9. The molecule has 0 radical (unpaired) electrons.